The molecular formula is C15H18N2O5S. The van der Waals surface area contributed by atoms with Crippen LogP contribution in [-0.2, 0) is 9.53 Å². The van der Waals surface area contributed by atoms with Crippen molar-refractivity contribution >= 4 is 29.3 Å². The Bertz CT molecular complexity index is 574. The van der Waals surface area contributed by atoms with Gasteiger partial charge in [0.15, 0.2) is 5.11 Å². The molecule has 3 N–H and O–H groups in total. The second kappa shape index (κ2) is 7.89. The molecule has 0 saturated carbocycles. The highest BCUT2D eigenvalue weighted by molar-refractivity contribution is 7.80. The molecule has 2 rings (SSSR count). The van der Waals surface area contributed by atoms with Crippen LogP contribution >= 0.6 is 12.2 Å². The van der Waals surface area contributed by atoms with E-state index in [-0.39, 0.29) is 24.2 Å². The van der Waals surface area contributed by atoms with Gasteiger partial charge in [0.25, 0.3) is 0 Å². The first kappa shape index (κ1) is 17.2. The summed E-state index contributed by atoms with van der Waals surface area (Å²) in [5, 5.41) is 20.8. The number of hydrogen-bond acceptors (Lipinski definition) is 5. The van der Waals surface area contributed by atoms with E-state index in [0.29, 0.717) is 18.7 Å². The third kappa shape index (κ3) is 4.64. The summed E-state index contributed by atoms with van der Waals surface area (Å²) in [6.45, 7) is 0.579. The van der Waals surface area contributed by atoms with Gasteiger partial charge in [0.1, 0.15) is 12.1 Å². The topological polar surface area (TPSA) is 99.1 Å². The number of esters is 1. The number of aliphatic hydroxyl groups excluding tert-OH is 1. The minimum atomic E-state index is -1.08. The molecule has 1 heterocycles. The van der Waals surface area contributed by atoms with Crippen LogP contribution in [0.3, 0.4) is 0 Å². The molecule has 124 valence electrons. The van der Waals surface area contributed by atoms with Gasteiger partial charge in [0.05, 0.1) is 18.7 Å². The molecule has 0 spiro atoms. The number of nitrogens with zero attached hydrogens (tertiary/aromatic N) is 1. The zero-order valence-electron chi connectivity index (χ0n) is 12.3. The van der Waals surface area contributed by atoms with Crippen molar-refractivity contribution in [3.8, 4) is 0 Å². The summed E-state index contributed by atoms with van der Waals surface area (Å²) >= 11 is 5.13. The van der Waals surface area contributed by atoms with E-state index in [0.717, 1.165) is 0 Å². The van der Waals surface area contributed by atoms with E-state index in [9.17, 15) is 9.59 Å². The van der Waals surface area contributed by atoms with Crippen molar-refractivity contribution in [3.63, 3.8) is 0 Å². The number of nitrogens with one attached hydrogen (secondary N) is 1. The fourth-order valence-electron chi connectivity index (χ4n) is 2.10. The lowest BCUT2D eigenvalue weighted by Gasteiger charge is -2.40. The monoisotopic (exact) mass is 338 g/mol. The summed E-state index contributed by atoms with van der Waals surface area (Å²) in [6, 6.07) is 7.76. The minimum absolute atomic E-state index is 0.0652. The summed E-state index contributed by atoms with van der Waals surface area (Å²) in [7, 11) is 0. The van der Waals surface area contributed by atoms with Crippen molar-refractivity contribution < 1.29 is 24.5 Å². The molecule has 0 aliphatic carbocycles. The molecule has 0 aromatic heterocycles. The fourth-order valence-corrected chi connectivity index (χ4v) is 2.39. The maximum absolute atomic E-state index is 11.9. The van der Waals surface area contributed by atoms with E-state index in [4.69, 9.17) is 27.2 Å². The van der Waals surface area contributed by atoms with Crippen molar-refractivity contribution in [3.05, 3.63) is 35.9 Å². The average molecular weight is 338 g/mol. The van der Waals surface area contributed by atoms with Crippen LogP contribution in [-0.4, -0.2) is 64.0 Å². The molecule has 1 atom stereocenters. The molecule has 7 nitrogen and oxygen atoms in total. The molecule has 0 amide bonds. The first-order chi connectivity index (χ1) is 11.0. The van der Waals surface area contributed by atoms with Gasteiger partial charge in [-0.3, -0.25) is 0 Å². The Hall–Kier alpha value is -2.19. The normalized spacial score (nSPS) is 15.4. The Labute approximate surface area is 138 Å². The Morgan fingerprint density at radius 1 is 1.35 bits per heavy atom. The van der Waals surface area contributed by atoms with Crippen LogP contribution in [0.5, 0.6) is 0 Å². The number of aliphatic hydroxyl groups is 1. The lowest BCUT2D eigenvalue weighted by Crippen LogP contribution is -2.60. The number of carbonyl (C=O) groups excluding carboxylic acids is 1. The van der Waals surface area contributed by atoms with Crippen molar-refractivity contribution in [2.75, 3.05) is 19.7 Å². The van der Waals surface area contributed by atoms with Gasteiger partial charge in [-0.05, 0) is 24.4 Å². The Morgan fingerprint density at radius 2 is 2.00 bits per heavy atom. The quantitative estimate of drug-likeness (QED) is 0.501. The molecule has 1 aromatic rings. The van der Waals surface area contributed by atoms with Crippen LogP contribution in [0, 0.1) is 0 Å². The van der Waals surface area contributed by atoms with Gasteiger partial charge < -0.3 is 25.2 Å². The van der Waals surface area contributed by atoms with Gasteiger partial charge in [-0.15, -0.1) is 0 Å². The van der Waals surface area contributed by atoms with Crippen molar-refractivity contribution in [1.82, 2.24) is 10.2 Å². The van der Waals surface area contributed by atoms with Gasteiger partial charge >= 0.3 is 11.9 Å². The largest absolute Gasteiger partial charge is 0.480 e. The molecule has 8 heteroatoms. The van der Waals surface area contributed by atoms with Crippen LogP contribution in [0.15, 0.2) is 30.3 Å². The third-order valence-electron chi connectivity index (χ3n) is 3.43. The number of carbonyl (C=O) groups is 2. The first-order valence-corrected chi connectivity index (χ1v) is 7.57. The minimum Gasteiger partial charge on any atom is -0.480 e. The summed E-state index contributed by atoms with van der Waals surface area (Å²) in [6.07, 6.45) is -0.209. The zero-order chi connectivity index (χ0) is 16.8. The molecule has 1 aliphatic heterocycles. The van der Waals surface area contributed by atoms with Gasteiger partial charge in [0.2, 0.25) is 0 Å². The molecule has 1 aliphatic rings. The van der Waals surface area contributed by atoms with Gasteiger partial charge in [0, 0.05) is 13.0 Å². The number of carboxylic acids is 1. The Balaban J connectivity index is 1.76. The van der Waals surface area contributed by atoms with Crippen LogP contribution < -0.4 is 5.32 Å². The highest BCUT2D eigenvalue weighted by Gasteiger charge is 2.33. The molecular weight excluding hydrogens is 320 g/mol. The van der Waals surface area contributed by atoms with E-state index < -0.39 is 18.0 Å². The van der Waals surface area contributed by atoms with E-state index in [2.05, 4.69) is 5.32 Å². The standard InChI is InChI=1S/C15H18N2O5S/c18-7-6-12(13(19)20)16-15(23)17-8-11(9-17)22-14(21)10-4-2-1-3-5-10/h1-5,11-12,18H,6-9H2,(H,16,23)(H,19,20)/t12-/m0/s1. The lowest BCUT2D eigenvalue weighted by molar-refractivity contribution is -0.139. The number of benzene rings is 1. The van der Waals surface area contributed by atoms with E-state index in [1.807, 2.05) is 6.07 Å². The zero-order valence-corrected chi connectivity index (χ0v) is 13.2. The highest BCUT2D eigenvalue weighted by Crippen LogP contribution is 2.14. The smallest absolute Gasteiger partial charge is 0.338 e. The predicted molar refractivity (Wildman–Crippen MR) is 86.1 cm³/mol. The maximum atomic E-state index is 11.9. The highest BCUT2D eigenvalue weighted by atomic mass is 32.1. The van der Waals surface area contributed by atoms with Crippen molar-refractivity contribution in [1.29, 1.82) is 0 Å². The molecule has 1 fully saturated rings. The SMILES string of the molecule is O=C(OC1CN(C(=S)N[C@@H](CCO)C(=O)O)C1)c1ccccc1. The van der Waals surface area contributed by atoms with E-state index >= 15 is 0 Å². The van der Waals surface area contributed by atoms with Crippen LogP contribution in [0.25, 0.3) is 0 Å². The molecule has 0 bridgehead atoms. The average Bonchev–Trinajstić information content (AvgIpc) is 2.50. The maximum Gasteiger partial charge on any atom is 0.338 e. The van der Waals surface area contributed by atoms with E-state index in [1.165, 1.54) is 0 Å². The van der Waals surface area contributed by atoms with Gasteiger partial charge in [-0.1, -0.05) is 18.2 Å². The molecule has 1 aromatic carbocycles. The molecule has 0 unspecified atom stereocenters. The number of hydrogen-bond donors (Lipinski definition) is 3. The number of thiocarbonyl (C=S) groups is 1. The van der Waals surface area contributed by atoms with Crippen molar-refractivity contribution in [2.45, 2.75) is 18.6 Å². The van der Waals surface area contributed by atoms with E-state index in [1.54, 1.807) is 29.2 Å². The summed E-state index contributed by atoms with van der Waals surface area (Å²) in [5.74, 6) is -1.47. The second-order valence-corrected chi connectivity index (χ2v) is 5.54. The number of rotatable bonds is 6. The lowest BCUT2D eigenvalue weighted by atomic mass is 10.1. The van der Waals surface area contributed by atoms with Crippen LogP contribution in [0.1, 0.15) is 16.8 Å². The molecule has 1 saturated heterocycles. The number of aliphatic carboxylic acids is 1. The van der Waals surface area contributed by atoms with Gasteiger partial charge in [-0.2, -0.15) is 0 Å². The Morgan fingerprint density at radius 3 is 2.57 bits per heavy atom. The van der Waals surface area contributed by atoms with Gasteiger partial charge in [-0.25, -0.2) is 9.59 Å². The predicted octanol–water partition coefficient (Wildman–Crippen LogP) is 0.238. The first-order valence-electron chi connectivity index (χ1n) is 7.16. The second-order valence-electron chi connectivity index (χ2n) is 5.15. The number of likely N-dealkylation sites (tertiary alicyclic amines) is 1. The summed E-state index contributed by atoms with van der Waals surface area (Å²) in [5.41, 5.74) is 0.487. The van der Waals surface area contributed by atoms with Crippen LogP contribution in [0.2, 0.25) is 0 Å². The fraction of sp³-hybridized carbons (Fsp3) is 0.400. The summed E-state index contributed by atoms with van der Waals surface area (Å²) in [4.78, 5) is 24.6. The Kier molecular flexibility index (Phi) is 5.89. The summed E-state index contributed by atoms with van der Waals surface area (Å²) < 4.78 is 5.33. The van der Waals surface area contributed by atoms with Crippen LogP contribution in [0.4, 0.5) is 0 Å². The number of ether oxygens (including phenoxy) is 1. The number of carboxylic acid groups (broad SMARTS) is 1. The van der Waals surface area contributed by atoms with Crippen molar-refractivity contribution in [2.24, 2.45) is 0 Å². The third-order valence-corrected chi connectivity index (χ3v) is 3.81. The molecule has 0 radical (unpaired) electrons. The molecule has 23 heavy (non-hydrogen) atoms.